The minimum Gasteiger partial charge on any atom is -0.458 e. The highest BCUT2D eigenvalue weighted by Gasteiger charge is 2.23. The smallest absolute Gasteiger partial charge is 0.339 e. The van der Waals surface area contributed by atoms with Crippen LogP contribution in [0, 0.1) is 10.7 Å². The van der Waals surface area contributed by atoms with Crippen LogP contribution in [0.2, 0.25) is 0 Å². The highest BCUT2D eigenvalue weighted by atomic mass is 127. The van der Waals surface area contributed by atoms with E-state index in [2.05, 4.69) is 80.9 Å². The molecule has 1 rings (SSSR count). The van der Waals surface area contributed by atoms with E-state index in [-0.39, 0.29) is 24.4 Å². The number of carbonyl (C=O) groups is 3. The molecular weight excluding hydrogens is 693 g/mol. The molecule has 6 nitrogen and oxygen atoms in total. The Morgan fingerprint density at radius 1 is 0.963 bits per heavy atom. The molecule has 0 unspecified atom stereocenters. The Morgan fingerprint density at radius 2 is 1.44 bits per heavy atom. The Labute approximate surface area is 198 Å². The Bertz CT molecular complexity index is 758. The molecule has 0 aromatic heterocycles. The molecule has 1 aromatic rings. The molecule has 27 heavy (non-hydrogen) atoms. The zero-order valence-corrected chi connectivity index (χ0v) is 21.1. The fourth-order valence-corrected chi connectivity index (χ4v) is 4.00. The summed E-state index contributed by atoms with van der Waals surface area (Å²) >= 11 is 6.29. The first-order valence-corrected chi connectivity index (χ1v) is 10.8. The number of esters is 3. The average molecular weight is 710 g/mol. The first-order chi connectivity index (χ1) is 12.5. The number of benzene rings is 1. The van der Waals surface area contributed by atoms with Gasteiger partial charge >= 0.3 is 17.9 Å². The summed E-state index contributed by atoms with van der Waals surface area (Å²) in [7, 11) is 0. The van der Waals surface area contributed by atoms with Crippen LogP contribution >= 0.6 is 67.8 Å². The van der Waals surface area contributed by atoms with Crippen molar-refractivity contribution in [3.63, 3.8) is 0 Å². The van der Waals surface area contributed by atoms with E-state index in [4.69, 9.17) is 14.2 Å². The van der Waals surface area contributed by atoms with Crippen LogP contribution in [0.5, 0.6) is 0 Å². The van der Waals surface area contributed by atoms with Crippen molar-refractivity contribution in [3.05, 3.63) is 52.7 Å². The van der Waals surface area contributed by atoms with Gasteiger partial charge in [-0.05, 0) is 93.8 Å². The van der Waals surface area contributed by atoms with Gasteiger partial charge < -0.3 is 14.2 Å². The summed E-state index contributed by atoms with van der Waals surface area (Å²) in [6.45, 7) is 9.45. The van der Waals surface area contributed by atoms with Crippen molar-refractivity contribution in [2.45, 2.75) is 20.0 Å². The van der Waals surface area contributed by atoms with E-state index in [0.717, 1.165) is 10.7 Å². The van der Waals surface area contributed by atoms with Crippen molar-refractivity contribution >= 4 is 85.7 Å². The van der Waals surface area contributed by atoms with Gasteiger partial charge in [0.05, 0.1) is 5.56 Å². The lowest BCUT2D eigenvalue weighted by molar-refractivity contribution is -0.147. The third-order valence-corrected chi connectivity index (χ3v) is 6.65. The number of hydrogen-bond acceptors (Lipinski definition) is 6. The number of hydrogen-bond donors (Lipinski definition) is 0. The van der Waals surface area contributed by atoms with Crippen LogP contribution in [0.15, 0.2) is 36.4 Å². The maximum absolute atomic E-state index is 12.6. The Hall–Kier alpha value is -0.700. The lowest BCUT2D eigenvalue weighted by Gasteiger charge is -2.19. The molecule has 0 saturated heterocycles. The van der Waals surface area contributed by atoms with Crippen molar-refractivity contribution in [2.75, 3.05) is 13.2 Å². The summed E-state index contributed by atoms with van der Waals surface area (Å²) in [5.74, 6) is -1.85. The lowest BCUT2D eigenvalue weighted by Crippen LogP contribution is -2.31. The molecule has 0 radical (unpaired) electrons. The molecule has 0 bridgehead atoms. The normalized spacial score (nSPS) is 10.3. The van der Waals surface area contributed by atoms with E-state index >= 15 is 0 Å². The standard InChI is InChI=1S/C18H17I3O6/c1-9(2)16(22)25-7-12(8-26-17(23)10(3)4)27-18(24)13-5-11(19)6-14(20)15(13)21/h5-6,12H,1,3,7-8H2,2,4H3. The Balaban J connectivity index is 2.92. The molecule has 0 aliphatic carbocycles. The highest BCUT2D eigenvalue weighted by Crippen LogP contribution is 2.24. The van der Waals surface area contributed by atoms with Gasteiger partial charge in [0.1, 0.15) is 13.2 Å². The summed E-state index contributed by atoms with van der Waals surface area (Å²) in [5, 5.41) is 0. The molecule has 0 spiro atoms. The zero-order valence-electron chi connectivity index (χ0n) is 14.6. The zero-order chi connectivity index (χ0) is 20.7. The molecule has 0 atom stereocenters. The molecule has 0 amide bonds. The van der Waals surface area contributed by atoms with Crippen LogP contribution in [-0.4, -0.2) is 37.2 Å². The first-order valence-electron chi connectivity index (χ1n) is 7.53. The van der Waals surface area contributed by atoms with E-state index in [1.807, 2.05) is 6.07 Å². The van der Waals surface area contributed by atoms with Gasteiger partial charge in [0, 0.05) is 21.9 Å². The van der Waals surface area contributed by atoms with Gasteiger partial charge in [-0.2, -0.15) is 0 Å². The third-order valence-electron chi connectivity index (χ3n) is 2.98. The molecule has 0 N–H and O–H groups in total. The van der Waals surface area contributed by atoms with Gasteiger partial charge in [-0.15, -0.1) is 0 Å². The van der Waals surface area contributed by atoms with Crippen molar-refractivity contribution in [1.29, 1.82) is 0 Å². The second-order valence-electron chi connectivity index (χ2n) is 5.53. The molecule has 1 aromatic carbocycles. The maximum atomic E-state index is 12.6. The summed E-state index contributed by atoms with van der Waals surface area (Å²) < 4.78 is 18.0. The SMILES string of the molecule is C=C(C)C(=O)OCC(COC(=O)C(=C)C)OC(=O)c1cc(I)cc(I)c1I. The summed E-state index contributed by atoms with van der Waals surface area (Å²) in [6, 6.07) is 3.63. The topological polar surface area (TPSA) is 78.9 Å². The number of rotatable bonds is 8. The van der Waals surface area contributed by atoms with Crippen LogP contribution in [0.3, 0.4) is 0 Å². The first kappa shape index (κ1) is 24.3. The predicted octanol–water partition coefficient (Wildman–Crippen LogP) is 4.26. The predicted molar refractivity (Wildman–Crippen MR) is 125 cm³/mol. The lowest BCUT2D eigenvalue weighted by atomic mass is 10.2. The van der Waals surface area contributed by atoms with Crippen LogP contribution in [0.25, 0.3) is 0 Å². The largest absolute Gasteiger partial charge is 0.458 e. The summed E-state index contributed by atoms with van der Waals surface area (Å²) in [4.78, 5) is 35.8. The monoisotopic (exact) mass is 710 g/mol. The number of carbonyl (C=O) groups excluding carboxylic acids is 3. The highest BCUT2D eigenvalue weighted by molar-refractivity contribution is 14.1. The van der Waals surface area contributed by atoms with Gasteiger partial charge in [0.25, 0.3) is 0 Å². The van der Waals surface area contributed by atoms with Crippen LogP contribution in [0.1, 0.15) is 24.2 Å². The van der Waals surface area contributed by atoms with Crippen LogP contribution in [-0.2, 0) is 23.8 Å². The van der Waals surface area contributed by atoms with Crippen molar-refractivity contribution in [1.82, 2.24) is 0 Å². The van der Waals surface area contributed by atoms with Gasteiger partial charge in [0.2, 0.25) is 0 Å². The Morgan fingerprint density at radius 3 is 1.89 bits per heavy atom. The van der Waals surface area contributed by atoms with Crippen molar-refractivity contribution < 1.29 is 28.6 Å². The van der Waals surface area contributed by atoms with Gasteiger partial charge in [-0.1, -0.05) is 13.2 Å². The second kappa shape index (κ2) is 11.3. The molecule has 0 fully saturated rings. The molecule has 0 saturated carbocycles. The molecule has 0 heterocycles. The molecule has 146 valence electrons. The average Bonchev–Trinajstić information content (AvgIpc) is 2.59. The minimum atomic E-state index is -0.963. The van der Waals surface area contributed by atoms with E-state index in [9.17, 15) is 14.4 Å². The maximum Gasteiger partial charge on any atom is 0.339 e. The van der Waals surface area contributed by atoms with E-state index in [1.54, 1.807) is 6.07 Å². The summed E-state index contributed by atoms with van der Waals surface area (Å²) in [5.41, 5.74) is 0.802. The van der Waals surface area contributed by atoms with Crippen molar-refractivity contribution in [2.24, 2.45) is 0 Å². The molecular formula is C18H17I3O6. The fourth-order valence-electron chi connectivity index (χ4n) is 1.62. The minimum absolute atomic E-state index is 0.209. The van der Waals surface area contributed by atoms with Gasteiger partial charge in [-0.3, -0.25) is 0 Å². The molecule has 0 aliphatic heterocycles. The van der Waals surface area contributed by atoms with E-state index in [0.29, 0.717) is 5.56 Å². The van der Waals surface area contributed by atoms with Crippen molar-refractivity contribution in [3.8, 4) is 0 Å². The molecule has 0 aliphatic rings. The van der Waals surface area contributed by atoms with Gasteiger partial charge in [0.15, 0.2) is 6.10 Å². The third kappa shape index (κ3) is 8.05. The van der Waals surface area contributed by atoms with E-state index in [1.165, 1.54) is 13.8 Å². The van der Waals surface area contributed by atoms with E-state index < -0.39 is 24.0 Å². The second-order valence-corrected chi connectivity index (χ2v) is 9.02. The summed E-state index contributed by atoms with van der Waals surface area (Å²) in [6.07, 6.45) is -0.963. The fraction of sp³-hybridized carbons (Fsp3) is 0.278. The van der Waals surface area contributed by atoms with Crippen LogP contribution < -0.4 is 0 Å². The number of halogens is 3. The molecule has 9 heteroatoms. The quantitative estimate of drug-likeness (QED) is 0.132. The van der Waals surface area contributed by atoms with Crippen LogP contribution in [0.4, 0.5) is 0 Å². The Kier molecular flexibility index (Phi) is 10.2. The van der Waals surface area contributed by atoms with Gasteiger partial charge in [-0.25, -0.2) is 14.4 Å². The number of ether oxygens (including phenoxy) is 3.